The van der Waals surface area contributed by atoms with Gasteiger partial charge in [-0.1, -0.05) is 30.3 Å². The van der Waals surface area contributed by atoms with Crippen molar-refractivity contribution in [3.05, 3.63) is 88.9 Å². The van der Waals surface area contributed by atoms with Crippen LogP contribution in [0.4, 0.5) is 14.7 Å². The molecule has 0 fully saturated rings. The van der Waals surface area contributed by atoms with E-state index in [-0.39, 0.29) is 11.7 Å². The number of nitrogens with zero attached hydrogens (tertiary/aromatic N) is 3. The van der Waals surface area contributed by atoms with Gasteiger partial charge >= 0.3 is 0 Å². The summed E-state index contributed by atoms with van der Waals surface area (Å²) >= 11 is 0. The third-order valence-corrected chi connectivity index (χ3v) is 5.33. The Morgan fingerprint density at radius 3 is 2.50 bits per heavy atom. The van der Waals surface area contributed by atoms with Crippen molar-refractivity contribution in [1.29, 1.82) is 0 Å². The first kappa shape index (κ1) is 16.8. The van der Waals surface area contributed by atoms with Crippen molar-refractivity contribution < 1.29 is 13.6 Å². The van der Waals surface area contributed by atoms with E-state index in [1.165, 1.54) is 23.1 Å². The van der Waals surface area contributed by atoms with Crippen LogP contribution in [0.15, 0.2) is 66.1 Å². The maximum atomic E-state index is 13.9. The number of fused-ring (bicyclic) bond motifs is 1. The second kappa shape index (κ2) is 6.37. The minimum absolute atomic E-state index is 0.0410. The molecule has 0 bridgehead atoms. The zero-order valence-electron chi connectivity index (χ0n) is 14.8. The quantitative estimate of drug-likeness (QED) is 0.733. The molecule has 2 atom stereocenters. The normalized spacial score (nSPS) is 21.1. The highest BCUT2D eigenvalue weighted by atomic mass is 19.1. The number of anilines is 1. The van der Waals surface area contributed by atoms with E-state index in [0.29, 0.717) is 29.9 Å². The molecule has 0 saturated carbocycles. The molecule has 28 heavy (non-hydrogen) atoms. The van der Waals surface area contributed by atoms with E-state index in [1.54, 1.807) is 0 Å². The van der Waals surface area contributed by atoms with Crippen molar-refractivity contribution in [2.24, 2.45) is 0 Å². The van der Waals surface area contributed by atoms with Crippen LogP contribution < -0.4 is 5.32 Å². The lowest BCUT2D eigenvalue weighted by Gasteiger charge is -2.35. The summed E-state index contributed by atoms with van der Waals surface area (Å²) in [6, 6.07) is 12.5. The number of hydrogen-bond donors (Lipinski definition) is 1. The van der Waals surface area contributed by atoms with E-state index in [9.17, 15) is 13.6 Å². The van der Waals surface area contributed by atoms with Gasteiger partial charge in [0.1, 0.15) is 24.0 Å². The van der Waals surface area contributed by atoms with E-state index in [1.807, 2.05) is 30.3 Å². The minimum Gasteiger partial charge on any atom is -0.328 e. The fourth-order valence-electron chi connectivity index (χ4n) is 4.15. The number of Topliss-reactive ketones (excluding diaryl/α,β-unsaturated/α-hetero) is 1. The predicted molar refractivity (Wildman–Crippen MR) is 98.6 cm³/mol. The van der Waals surface area contributed by atoms with Crippen LogP contribution >= 0.6 is 0 Å². The van der Waals surface area contributed by atoms with E-state index >= 15 is 0 Å². The molecule has 5 rings (SSSR count). The highest BCUT2D eigenvalue weighted by Crippen LogP contribution is 2.43. The molecule has 0 amide bonds. The fraction of sp³-hybridized carbons (Fsp3) is 0.190. The van der Waals surface area contributed by atoms with E-state index < -0.39 is 17.7 Å². The number of halogens is 2. The second-order valence-corrected chi connectivity index (χ2v) is 7.09. The highest BCUT2D eigenvalue weighted by Gasteiger charge is 2.39. The number of allylic oxidation sites excluding steroid dienone is 2. The van der Waals surface area contributed by atoms with Crippen LogP contribution in [0.2, 0.25) is 0 Å². The van der Waals surface area contributed by atoms with Crippen LogP contribution in [0.25, 0.3) is 0 Å². The predicted octanol–water partition coefficient (Wildman–Crippen LogP) is 3.97. The third-order valence-electron chi connectivity index (χ3n) is 5.33. The third kappa shape index (κ3) is 2.70. The number of hydrogen-bond acceptors (Lipinski definition) is 4. The monoisotopic (exact) mass is 378 g/mol. The van der Waals surface area contributed by atoms with Gasteiger partial charge in [-0.05, 0) is 35.6 Å². The van der Waals surface area contributed by atoms with Crippen molar-refractivity contribution in [2.45, 2.75) is 24.8 Å². The molecule has 2 heterocycles. The van der Waals surface area contributed by atoms with Gasteiger partial charge < -0.3 is 5.32 Å². The molecule has 2 aromatic carbocycles. The lowest BCUT2D eigenvalue weighted by Crippen LogP contribution is -2.33. The van der Waals surface area contributed by atoms with Gasteiger partial charge in [0, 0.05) is 23.8 Å². The van der Waals surface area contributed by atoms with Crippen molar-refractivity contribution in [2.75, 3.05) is 5.32 Å². The topological polar surface area (TPSA) is 59.8 Å². The number of carbonyl (C=O) groups is 1. The number of carbonyl (C=O) groups excluding carboxylic acids is 1. The van der Waals surface area contributed by atoms with Crippen molar-refractivity contribution in [3.63, 3.8) is 0 Å². The molecule has 0 radical (unpaired) electrons. The van der Waals surface area contributed by atoms with Gasteiger partial charge in [-0.2, -0.15) is 10.1 Å². The SMILES string of the molecule is O=C1C[C@H](c2ccccc2)CC2=C1[C@H](c1cc(F)cc(F)c1)n1ncnc1N2. The summed E-state index contributed by atoms with van der Waals surface area (Å²) in [5.74, 6) is -0.946. The van der Waals surface area contributed by atoms with Gasteiger partial charge in [-0.3, -0.25) is 4.79 Å². The van der Waals surface area contributed by atoms with Crippen LogP contribution in [0.3, 0.4) is 0 Å². The summed E-state index contributed by atoms with van der Waals surface area (Å²) in [4.78, 5) is 17.3. The molecular weight excluding hydrogens is 362 g/mol. The first-order chi connectivity index (χ1) is 13.6. The van der Waals surface area contributed by atoms with Crippen LogP contribution in [0, 0.1) is 11.6 Å². The number of benzene rings is 2. The highest BCUT2D eigenvalue weighted by molar-refractivity contribution is 6.00. The smallest absolute Gasteiger partial charge is 0.226 e. The molecule has 1 N–H and O–H groups in total. The molecule has 3 aromatic rings. The molecule has 2 aliphatic rings. The Morgan fingerprint density at radius 2 is 1.75 bits per heavy atom. The van der Waals surface area contributed by atoms with Gasteiger partial charge in [0.2, 0.25) is 5.95 Å². The Labute approximate surface area is 159 Å². The molecule has 140 valence electrons. The standard InChI is InChI=1S/C21H16F2N4O/c22-15-6-14(7-16(23)10-15)20-19-17(26-21-24-11-25-27(20)21)8-13(9-18(19)28)12-4-2-1-3-5-12/h1-7,10-11,13,20H,8-9H2,(H,24,25,26)/t13-,20+/m1/s1. The van der Waals surface area contributed by atoms with Crippen LogP contribution in [0.5, 0.6) is 0 Å². The number of aromatic nitrogens is 3. The number of ketones is 1. The largest absolute Gasteiger partial charge is 0.328 e. The molecule has 1 aliphatic carbocycles. The average Bonchev–Trinajstić information content (AvgIpc) is 3.14. The first-order valence-corrected chi connectivity index (χ1v) is 9.04. The Kier molecular flexibility index (Phi) is 3.82. The number of rotatable bonds is 2. The summed E-state index contributed by atoms with van der Waals surface area (Å²) in [7, 11) is 0. The minimum atomic E-state index is -0.705. The lowest BCUT2D eigenvalue weighted by atomic mass is 9.78. The molecule has 1 aromatic heterocycles. The summed E-state index contributed by atoms with van der Waals surface area (Å²) in [6.07, 6.45) is 2.32. The van der Waals surface area contributed by atoms with Gasteiger partial charge in [-0.15, -0.1) is 0 Å². The molecular formula is C21H16F2N4O. The average molecular weight is 378 g/mol. The Bertz CT molecular complexity index is 1090. The molecule has 0 unspecified atom stereocenters. The van der Waals surface area contributed by atoms with Gasteiger partial charge in [-0.25, -0.2) is 13.5 Å². The second-order valence-electron chi connectivity index (χ2n) is 7.09. The zero-order valence-corrected chi connectivity index (χ0v) is 14.8. The molecule has 0 spiro atoms. The van der Waals surface area contributed by atoms with E-state index in [0.717, 1.165) is 17.3 Å². The Morgan fingerprint density at radius 1 is 1.00 bits per heavy atom. The summed E-state index contributed by atoms with van der Waals surface area (Å²) in [5, 5.41) is 7.39. The van der Waals surface area contributed by atoms with E-state index in [2.05, 4.69) is 15.4 Å². The summed E-state index contributed by atoms with van der Waals surface area (Å²) in [5.41, 5.74) is 2.66. The van der Waals surface area contributed by atoms with Crippen LogP contribution in [-0.2, 0) is 4.79 Å². The van der Waals surface area contributed by atoms with Crippen LogP contribution in [-0.4, -0.2) is 20.5 Å². The Balaban J connectivity index is 1.63. The molecule has 5 nitrogen and oxygen atoms in total. The molecule has 1 aliphatic heterocycles. The summed E-state index contributed by atoms with van der Waals surface area (Å²) in [6.45, 7) is 0. The lowest BCUT2D eigenvalue weighted by molar-refractivity contribution is -0.116. The maximum Gasteiger partial charge on any atom is 0.226 e. The van der Waals surface area contributed by atoms with E-state index in [4.69, 9.17) is 0 Å². The number of nitrogens with one attached hydrogen (secondary N) is 1. The van der Waals surface area contributed by atoms with Gasteiger partial charge in [0.25, 0.3) is 0 Å². The van der Waals surface area contributed by atoms with Crippen molar-refractivity contribution in [1.82, 2.24) is 14.8 Å². The van der Waals surface area contributed by atoms with Crippen LogP contribution in [0.1, 0.15) is 35.9 Å². The Hall–Kier alpha value is -3.35. The van der Waals surface area contributed by atoms with Gasteiger partial charge in [0.15, 0.2) is 5.78 Å². The van der Waals surface area contributed by atoms with Gasteiger partial charge in [0.05, 0.1) is 0 Å². The van der Waals surface area contributed by atoms with Crippen molar-refractivity contribution in [3.8, 4) is 0 Å². The first-order valence-electron chi connectivity index (χ1n) is 9.04. The zero-order chi connectivity index (χ0) is 19.3. The molecule has 7 heteroatoms. The fourth-order valence-corrected chi connectivity index (χ4v) is 4.15. The summed E-state index contributed by atoms with van der Waals surface area (Å²) < 4.78 is 29.3. The van der Waals surface area contributed by atoms with Crippen molar-refractivity contribution >= 4 is 11.7 Å². The maximum absolute atomic E-state index is 13.9. The molecule has 0 saturated heterocycles.